The summed E-state index contributed by atoms with van der Waals surface area (Å²) in [6.45, 7) is 0. The fourth-order valence-electron chi connectivity index (χ4n) is 1.70. The van der Waals surface area contributed by atoms with Crippen LogP contribution in [0.25, 0.3) is 17.0 Å². The lowest BCUT2D eigenvalue weighted by atomic mass is 10.1. The summed E-state index contributed by atoms with van der Waals surface area (Å²) >= 11 is 1.74. The molecule has 68 valence electrons. The van der Waals surface area contributed by atoms with Gasteiger partial charge in [0.25, 0.3) is 0 Å². The van der Waals surface area contributed by atoms with E-state index in [1.165, 1.54) is 21.5 Å². The van der Waals surface area contributed by atoms with E-state index in [2.05, 4.69) is 52.9 Å². The third kappa shape index (κ3) is 1.11. The van der Waals surface area contributed by atoms with E-state index in [1.54, 1.807) is 11.8 Å². The molecule has 2 heteroatoms. The van der Waals surface area contributed by atoms with Gasteiger partial charge >= 0.3 is 0 Å². The molecule has 0 aliphatic carbocycles. The number of H-pyrrole nitrogens is 1. The Morgan fingerprint density at radius 2 is 2.00 bits per heavy atom. The maximum atomic E-state index is 3.42. The predicted molar refractivity (Wildman–Crippen MR) is 62.3 cm³/mol. The van der Waals surface area contributed by atoms with E-state index in [4.69, 9.17) is 0 Å². The van der Waals surface area contributed by atoms with Crippen molar-refractivity contribution in [1.29, 1.82) is 0 Å². The summed E-state index contributed by atoms with van der Waals surface area (Å²) in [6, 6.07) is 8.40. The van der Waals surface area contributed by atoms with E-state index < -0.39 is 0 Å². The number of hydrogen-bond acceptors (Lipinski definition) is 1. The number of benzene rings is 1. The topological polar surface area (TPSA) is 15.8 Å². The summed E-state index contributed by atoms with van der Waals surface area (Å²) in [5.41, 5.74) is 2.51. The van der Waals surface area contributed by atoms with Gasteiger partial charge in [-0.05, 0) is 11.5 Å². The van der Waals surface area contributed by atoms with Crippen molar-refractivity contribution in [3.63, 3.8) is 0 Å². The van der Waals surface area contributed by atoms with Crippen molar-refractivity contribution in [3.05, 3.63) is 47.4 Å². The molecule has 0 amide bonds. The number of hydrogen-bond donors (Lipinski definition) is 1. The Bertz CT molecular complexity index is 534. The number of fused-ring (bicyclic) bond motifs is 3. The zero-order valence-electron chi connectivity index (χ0n) is 7.53. The lowest BCUT2D eigenvalue weighted by Crippen LogP contribution is -1.69. The number of thioether (sulfide) groups is 1. The highest BCUT2D eigenvalue weighted by atomic mass is 32.2. The Morgan fingerprint density at radius 3 is 3.00 bits per heavy atom. The Kier molecular flexibility index (Phi) is 1.74. The average Bonchev–Trinajstić information content (AvgIpc) is 2.42. The van der Waals surface area contributed by atoms with Crippen molar-refractivity contribution in [3.8, 4) is 0 Å². The van der Waals surface area contributed by atoms with Crippen molar-refractivity contribution >= 4 is 28.7 Å². The summed E-state index contributed by atoms with van der Waals surface area (Å²) in [5, 5.41) is 4.63. The number of rotatable bonds is 0. The van der Waals surface area contributed by atoms with Crippen LogP contribution in [0.5, 0.6) is 0 Å². The third-order valence-corrected chi connectivity index (χ3v) is 3.20. The molecular formula is C12H9NS. The second kappa shape index (κ2) is 3.07. The van der Waals surface area contributed by atoms with Crippen LogP contribution < -0.4 is 0 Å². The Morgan fingerprint density at radius 1 is 1.07 bits per heavy atom. The van der Waals surface area contributed by atoms with Crippen molar-refractivity contribution in [2.24, 2.45) is 0 Å². The minimum absolute atomic E-state index is 1.21. The molecule has 0 unspecified atom stereocenters. The highest BCUT2D eigenvalue weighted by molar-refractivity contribution is 8.02. The summed E-state index contributed by atoms with van der Waals surface area (Å²) in [5.74, 6) is 0. The molecule has 0 atom stereocenters. The van der Waals surface area contributed by atoms with Crippen LogP contribution in [0.4, 0.5) is 0 Å². The molecule has 1 aromatic heterocycles. The second-order valence-electron chi connectivity index (χ2n) is 3.22. The van der Waals surface area contributed by atoms with Crippen molar-refractivity contribution in [1.82, 2.24) is 4.98 Å². The molecule has 1 aliphatic rings. The fraction of sp³-hybridized carbons (Fsp3) is 0. The van der Waals surface area contributed by atoms with Gasteiger partial charge in [0.1, 0.15) is 0 Å². The zero-order chi connectivity index (χ0) is 9.38. The van der Waals surface area contributed by atoms with Crippen LogP contribution >= 0.6 is 11.8 Å². The Labute approximate surface area is 86.5 Å². The molecule has 1 aliphatic heterocycles. The molecule has 0 saturated carbocycles. The van der Waals surface area contributed by atoms with Crippen LogP contribution in [-0.4, -0.2) is 4.98 Å². The molecule has 0 spiro atoms. The quantitative estimate of drug-likeness (QED) is 0.682. The number of aromatic nitrogens is 1. The number of allylic oxidation sites excluding steroid dienone is 2. The third-order valence-electron chi connectivity index (χ3n) is 2.35. The second-order valence-corrected chi connectivity index (χ2v) is 4.13. The van der Waals surface area contributed by atoms with E-state index in [9.17, 15) is 0 Å². The molecule has 0 saturated heterocycles. The summed E-state index contributed by atoms with van der Waals surface area (Å²) in [4.78, 5) is 3.42. The SMILES string of the molecule is C1=CSc2[nH]c3ccccc3c2C=C1. The first-order valence-electron chi connectivity index (χ1n) is 4.56. The van der Waals surface area contributed by atoms with Crippen LogP contribution in [0.3, 0.4) is 0 Å². The van der Waals surface area contributed by atoms with Gasteiger partial charge in [0.05, 0.1) is 5.03 Å². The van der Waals surface area contributed by atoms with Gasteiger partial charge in [-0.2, -0.15) is 0 Å². The number of aromatic amines is 1. The molecule has 0 radical (unpaired) electrons. The minimum atomic E-state index is 1.21. The van der Waals surface area contributed by atoms with Gasteiger partial charge in [-0.3, -0.25) is 0 Å². The number of nitrogens with one attached hydrogen (secondary N) is 1. The van der Waals surface area contributed by atoms with Gasteiger partial charge in [-0.25, -0.2) is 0 Å². The largest absolute Gasteiger partial charge is 0.349 e. The summed E-state index contributed by atoms with van der Waals surface area (Å²) in [6.07, 6.45) is 6.30. The first-order valence-corrected chi connectivity index (χ1v) is 5.44. The fourth-order valence-corrected chi connectivity index (χ4v) is 2.48. The van der Waals surface area contributed by atoms with Crippen LogP contribution in [0, 0.1) is 0 Å². The molecule has 2 aromatic rings. The van der Waals surface area contributed by atoms with Gasteiger partial charge in [-0.15, -0.1) is 0 Å². The zero-order valence-corrected chi connectivity index (χ0v) is 8.34. The van der Waals surface area contributed by atoms with Gasteiger partial charge in [0.15, 0.2) is 0 Å². The molecule has 0 fully saturated rings. The van der Waals surface area contributed by atoms with Gasteiger partial charge in [0, 0.05) is 16.5 Å². The summed E-state index contributed by atoms with van der Waals surface area (Å²) < 4.78 is 0. The van der Waals surface area contributed by atoms with Gasteiger partial charge < -0.3 is 4.98 Å². The first-order chi connectivity index (χ1) is 6.95. The highest BCUT2D eigenvalue weighted by Gasteiger charge is 2.08. The smallest absolute Gasteiger partial charge is 0.0848 e. The van der Waals surface area contributed by atoms with Crippen LogP contribution in [0.1, 0.15) is 5.56 Å². The van der Waals surface area contributed by atoms with E-state index in [0.29, 0.717) is 0 Å². The van der Waals surface area contributed by atoms with Crippen LogP contribution in [0.15, 0.2) is 46.9 Å². The van der Waals surface area contributed by atoms with Crippen LogP contribution in [-0.2, 0) is 0 Å². The van der Waals surface area contributed by atoms with E-state index in [-0.39, 0.29) is 0 Å². The maximum Gasteiger partial charge on any atom is 0.0848 e. The molecule has 14 heavy (non-hydrogen) atoms. The molecular weight excluding hydrogens is 190 g/mol. The van der Waals surface area contributed by atoms with Crippen molar-refractivity contribution in [2.45, 2.75) is 5.03 Å². The Hall–Kier alpha value is -1.41. The normalized spacial score (nSPS) is 14.3. The molecule has 1 aromatic carbocycles. The molecule has 1 N–H and O–H groups in total. The molecule has 0 bridgehead atoms. The minimum Gasteiger partial charge on any atom is -0.349 e. The molecule has 1 nitrogen and oxygen atoms in total. The highest BCUT2D eigenvalue weighted by Crippen LogP contribution is 2.32. The maximum absolute atomic E-state index is 3.42. The van der Waals surface area contributed by atoms with E-state index in [0.717, 1.165) is 0 Å². The van der Waals surface area contributed by atoms with Gasteiger partial charge in [0.2, 0.25) is 0 Å². The van der Waals surface area contributed by atoms with Crippen molar-refractivity contribution < 1.29 is 0 Å². The summed E-state index contributed by atoms with van der Waals surface area (Å²) in [7, 11) is 0. The first kappa shape index (κ1) is 7.94. The number of para-hydroxylation sites is 1. The van der Waals surface area contributed by atoms with Crippen LogP contribution in [0.2, 0.25) is 0 Å². The van der Waals surface area contributed by atoms with Crippen molar-refractivity contribution in [2.75, 3.05) is 0 Å². The lowest BCUT2D eigenvalue weighted by molar-refractivity contribution is 1.23. The van der Waals surface area contributed by atoms with Gasteiger partial charge in [-0.1, -0.05) is 48.2 Å². The monoisotopic (exact) mass is 199 g/mol. The molecule has 3 rings (SSSR count). The Balaban J connectivity index is 2.37. The lowest BCUT2D eigenvalue weighted by Gasteiger charge is -1.91. The van der Waals surface area contributed by atoms with E-state index in [1.807, 2.05) is 0 Å². The molecule has 2 heterocycles. The standard InChI is InChI=1S/C12H9NS/c1-2-7-11-9(5-1)10-6-3-4-8-14-12(10)13-11/h1-8,13H. The van der Waals surface area contributed by atoms with E-state index >= 15 is 0 Å². The average molecular weight is 199 g/mol. The predicted octanol–water partition coefficient (Wildman–Crippen LogP) is 3.80.